The Labute approximate surface area is 207 Å². The van der Waals surface area contributed by atoms with Crippen molar-refractivity contribution in [3.05, 3.63) is 30.3 Å². The highest BCUT2D eigenvalue weighted by Crippen LogP contribution is 2.42. The van der Waals surface area contributed by atoms with Crippen LogP contribution in [0.5, 0.6) is 0 Å². The molecule has 200 valence electrons. The second kappa shape index (κ2) is 11.8. The number of sulfone groups is 1. The Morgan fingerprint density at radius 2 is 1.64 bits per heavy atom. The molecule has 1 aromatic carbocycles. The van der Waals surface area contributed by atoms with Gasteiger partial charge in [-0.15, -0.1) is 0 Å². The van der Waals surface area contributed by atoms with Crippen LogP contribution in [-0.2, 0) is 52.7 Å². The Hall–Kier alpha value is -3.07. The first kappa shape index (κ1) is 29.2. The maximum absolute atomic E-state index is 13.8. The molecular weight excluding hydrogens is 504 g/mol. The summed E-state index contributed by atoms with van der Waals surface area (Å²) in [6.45, 7) is 1.94. The number of rotatable bonds is 9. The third kappa shape index (κ3) is 6.00. The monoisotopic (exact) mass is 532 g/mol. The molecule has 0 aliphatic carbocycles. The zero-order valence-corrected chi connectivity index (χ0v) is 20.8. The Bertz CT molecular complexity index is 1070. The van der Waals surface area contributed by atoms with Crippen molar-refractivity contribution in [3.63, 3.8) is 0 Å². The van der Waals surface area contributed by atoms with Crippen LogP contribution in [0.25, 0.3) is 0 Å². The first-order valence-corrected chi connectivity index (χ1v) is 12.2. The molecule has 1 saturated heterocycles. The van der Waals surface area contributed by atoms with Crippen molar-refractivity contribution in [2.24, 2.45) is 0 Å². The van der Waals surface area contributed by atoms with E-state index in [1.54, 1.807) is 0 Å². The van der Waals surface area contributed by atoms with Gasteiger partial charge in [0.05, 0.1) is 18.6 Å². The van der Waals surface area contributed by atoms with Crippen molar-refractivity contribution in [1.82, 2.24) is 0 Å². The van der Waals surface area contributed by atoms with Crippen molar-refractivity contribution in [2.75, 3.05) is 13.7 Å². The van der Waals surface area contributed by atoms with Crippen molar-refractivity contribution in [2.45, 2.75) is 67.5 Å². The fourth-order valence-corrected chi connectivity index (χ4v) is 5.68. The molecule has 0 spiro atoms. The van der Waals surface area contributed by atoms with E-state index >= 15 is 0 Å². The van der Waals surface area contributed by atoms with Crippen LogP contribution in [0.15, 0.2) is 35.2 Å². The van der Waals surface area contributed by atoms with E-state index in [9.17, 15) is 37.8 Å². The highest BCUT2D eigenvalue weighted by Gasteiger charge is 2.65. The minimum atomic E-state index is -4.80. The van der Waals surface area contributed by atoms with Crippen molar-refractivity contribution in [3.8, 4) is 0 Å². The molecule has 0 saturated carbocycles. The second-order valence-corrected chi connectivity index (χ2v) is 10.0. The Morgan fingerprint density at radius 3 is 2.11 bits per heavy atom. The lowest BCUT2D eigenvalue weighted by Crippen LogP contribution is -2.67. The van der Waals surface area contributed by atoms with Crippen LogP contribution in [0, 0.1) is 0 Å². The standard InChI is InChI=1S/C22H28O13S/c1-12(24)32-17-10-22(21(28)31-4,36(29,30)15-8-6-5-7-9-15)35-20(19(17)34-14(3)26)18(16(27)11-23)33-13(2)25/h5-9,16-20,23,27H,10-11H2,1-4H3/t16-,17+,18-,19-,20+,22+/m1/s1. The van der Waals surface area contributed by atoms with Crippen LogP contribution < -0.4 is 0 Å². The van der Waals surface area contributed by atoms with E-state index in [0.29, 0.717) is 0 Å². The van der Waals surface area contributed by atoms with Gasteiger partial charge in [0.2, 0.25) is 9.84 Å². The number of methoxy groups -OCH3 is 1. The molecule has 2 N–H and O–H groups in total. The number of carbonyl (C=O) groups excluding carboxylic acids is 4. The number of esters is 4. The average Bonchev–Trinajstić information content (AvgIpc) is 2.82. The first-order valence-electron chi connectivity index (χ1n) is 10.7. The van der Waals surface area contributed by atoms with E-state index < -0.39 is 82.2 Å². The van der Waals surface area contributed by atoms with E-state index in [4.69, 9.17) is 23.7 Å². The third-order valence-electron chi connectivity index (χ3n) is 5.28. The van der Waals surface area contributed by atoms with E-state index in [1.807, 2.05) is 0 Å². The minimum Gasteiger partial charge on any atom is -0.466 e. The van der Waals surface area contributed by atoms with Crippen molar-refractivity contribution < 1.29 is 61.5 Å². The smallest absolute Gasteiger partial charge is 0.354 e. The number of carbonyl (C=O) groups is 4. The topological polar surface area (TPSA) is 189 Å². The van der Waals surface area contributed by atoms with Gasteiger partial charge >= 0.3 is 23.9 Å². The van der Waals surface area contributed by atoms with Crippen LogP contribution in [0.4, 0.5) is 0 Å². The normalized spacial score (nSPS) is 25.7. The molecule has 0 bridgehead atoms. The van der Waals surface area contributed by atoms with E-state index in [-0.39, 0.29) is 4.90 Å². The number of hydrogen-bond donors (Lipinski definition) is 2. The predicted molar refractivity (Wildman–Crippen MR) is 118 cm³/mol. The lowest BCUT2D eigenvalue weighted by molar-refractivity contribution is -0.248. The van der Waals surface area contributed by atoms with Crippen LogP contribution in [-0.4, -0.2) is 91.7 Å². The summed E-state index contributed by atoms with van der Waals surface area (Å²) in [6, 6.07) is 6.68. The summed E-state index contributed by atoms with van der Waals surface area (Å²) >= 11 is 0. The maximum atomic E-state index is 13.8. The molecule has 13 nitrogen and oxygen atoms in total. The van der Waals surface area contributed by atoms with Gasteiger partial charge in [0, 0.05) is 27.2 Å². The van der Waals surface area contributed by atoms with Gasteiger partial charge in [-0.25, -0.2) is 13.2 Å². The summed E-state index contributed by atoms with van der Waals surface area (Å²) in [5.41, 5.74) is 0. The van der Waals surface area contributed by atoms with Gasteiger partial charge in [-0.1, -0.05) is 18.2 Å². The molecule has 1 aliphatic rings. The van der Waals surface area contributed by atoms with E-state index in [2.05, 4.69) is 0 Å². The largest absolute Gasteiger partial charge is 0.466 e. The predicted octanol–water partition coefficient (Wildman–Crippen LogP) is -0.733. The minimum absolute atomic E-state index is 0.367. The molecule has 0 unspecified atom stereocenters. The first-order chi connectivity index (χ1) is 16.8. The maximum Gasteiger partial charge on any atom is 0.354 e. The molecule has 36 heavy (non-hydrogen) atoms. The summed E-state index contributed by atoms with van der Waals surface area (Å²) in [5, 5.41) is 20.0. The molecular formula is C22H28O13S. The molecule has 1 aliphatic heterocycles. The van der Waals surface area contributed by atoms with E-state index in [1.165, 1.54) is 30.3 Å². The zero-order chi connectivity index (χ0) is 27.3. The van der Waals surface area contributed by atoms with Gasteiger partial charge in [0.15, 0.2) is 12.2 Å². The highest BCUT2D eigenvalue weighted by atomic mass is 32.2. The molecule has 1 heterocycles. The fourth-order valence-electron chi connectivity index (χ4n) is 3.86. The molecule has 0 radical (unpaired) electrons. The second-order valence-electron chi connectivity index (χ2n) is 7.89. The number of benzene rings is 1. The third-order valence-corrected chi connectivity index (χ3v) is 7.47. The fraction of sp³-hybridized carbons (Fsp3) is 0.545. The van der Waals surface area contributed by atoms with E-state index in [0.717, 1.165) is 27.9 Å². The lowest BCUT2D eigenvalue weighted by Gasteiger charge is -2.47. The van der Waals surface area contributed by atoms with Gasteiger partial charge in [0.1, 0.15) is 18.3 Å². The molecule has 1 aromatic rings. The Morgan fingerprint density at radius 1 is 1.06 bits per heavy atom. The summed E-state index contributed by atoms with van der Waals surface area (Å²) in [5.74, 6) is -4.26. The van der Waals surface area contributed by atoms with Crippen molar-refractivity contribution in [1.29, 1.82) is 0 Å². The van der Waals surface area contributed by atoms with Crippen LogP contribution in [0.2, 0.25) is 0 Å². The van der Waals surface area contributed by atoms with Crippen LogP contribution in [0.1, 0.15) is 27.2 Å². The SMILES string of the molecule is COC(=O)[C@@]1(S(=O)(=O)c2ccccc2)C[C@H](OC(C)=O)[C@@H](OC(C)=O)[C@H]([C@H](OC(C)=O)[C@H](O)CO)O1. The number of aliphatic hydroxyl groups is 2. The highest BCUT2D eigenvalue weighted by molar-refractivity contribution is 7.93. The quantitative estimate of drug-likeness (QED) is 0.299. The van der Waals surface area contributed by atoms with Gasteiger partial charge in [-0.3, -0.25) is 14.4 Å². The van der Waals surface area contributed by atoms with Gasteiger partial charge in [-0.2, -0.15) is 0 Å². The zero-order valence-electron chi connectivity index (χ0n) is 20.0. The summed E-state index contributed by atoms with van der Waals surface area (Å²) < 4.78 is 53.7. The van der Waals surface area contributed by atoms with Crippen molar-refractivity contribution >= 4 is 33.7 Å². The molecule has 6 atom stereocenters. The van der Waals surface area contributed by atoms with Crippen LogP contribution >= 0.6 is 0 Å². The molecule has 2 rings (SSSR count). The number of hydrogen-bond acceptors (Lipinski definition) is 13. The number of ether oxygens (including phenoxy) is 5. The number of aliphatic hydroxyl groups excluding tert-OH is 2. The Kier molecular flexibility index (Phi) is 9.54. The molecule has 0 aromatic heterocycles. The average molecular weight is 533 g/mol. The van der Waals surface area contributed by atoms with Gasteiger partial charge in [0.25, 0.3) is 4.93 Å². The van der Waals surface area contributed by atoms with Crippen LogP contribution in [0.3, 0.4) is 0 Å². The molecule has 14 heteroatoms. The molecule has 0 amide bonds. The summed E-state index contributed by atoms with van der Waals surface area (Å²) in [4.78, 5) is 45.4. The summed E-state index contributed by atoms with van der Waals surface area (Å²) in [7, 11) is -3.90. The van der Waals surface area contributed by atoms with Gasteiger partial charge < -0.3 is 33.9 Å². The lowest BCUT2D eigenvalue weighted by atomic mass is 9.91. The molecule has 1 fully saturated rings. The van der Waals surface area contributed by atoms with Gasteiger partial charge in [-0.05, 0) is 12.1 Å². The summed E-state index contributed by atoms with van der Waals surface area (Å²) in [6.07, 6.45) is -9.87. The Balaban J connectivity index is 2.84.